The molecule has 3 rings (SSSR count). The second-order valence-corrected chi connectivity index (χ2v) is 8.79. The molecule has 2 aromatic rings. The average molecular weight is 430 g/mol. The monoisotopic (exact) mass is 429 g/mol. The lowest BCUT2D eigenvalue weighted by Gasteiger charge is -2.38. The first-order valence-corrected chi connectivity index (χ1v) is 11.2. The van der Waals surface area contributed by atoms with Crippen LogP contribution in [0.25, 0.3) is 0 Å². The van der Waals surface area contributed by atoms with Crippen LogP contribution in [0.1, 0.15) is 71.7 Å². The van der Waals surface area contributed by atoms with Gasteiger partial charge in [0.25, 0.3) is 5.91 Å². The molecule has 0 radical (unpaired) electrons. The molecule has 1 aromatic carbocycles. The number of aromatic carboxylic acids is 1. The van der Waals surface area contributed by atoms with E-state index in [4.69, 9.17) is 5.11 Å². The number of nitrogens with zero attached hydrogens (tertiary/aromatic N) is 1. The van der Waals surface area contributed by atoms with Crippen LogP contribution in [0.15, 0.2) is 36.4 Å². The molecule has 0 saturated carbocycles. The van der Waals surface area contributed by atoms with E-state index >= 15 is 0 Å². The lowest BCUT2D eigenvalue weighted by Crippen LogP contribution is -2.62. The highest BCUT2D eigenvalue weighted by molar-refractivity contribution is 7.13. The van der Waals surface area contributed by atoms with Crippen LogP contribution in [0.2, 0.25) is 0 Å². The third kappa shape index (κ3) is 4.96. The molecular formula is C23H27NO5S. The van der Waals surface area contributed by atoms with E-state index in [9.17, 15) is 19.5 Å². The van der Waals surface area contributed by atoms with Crippen LogP contribution in [-0.4, -0.2) is 33.9 Å². The molecule has 7 heteroatoms. The van der Waals surface area contributed by atoms with Gasteiger partial charge in [-0.05, 0) is 55.5 Å². The third-order valence-electron chi connectivity index (χ3n) is 5.45. The van der Waals surface area contributed by atoms with E-state index < -0.39 is 24.0 Å². The Hall–Kier alpha value is -2.51. The number of carboxylic acids is 1. The van der Waals surface area contributed by atoms with Crippen LogP contribution >= 0.6 is 11.3 Å². The maximum atomic E-state index is 12.1. The largest absolute Gasteiger partial charge is 0.477 e. The predicted octanol–water partition coefficient (Wildman–Crippen LogP) is 4.37. The second-order valence-electron chi connectivity index (χ2n) is 7.62. The molecule has 1 saturated heterocycles. The summed E-state index contributed by atoms with van der Waals surface area (Å²) in [6.45, 7) is 2.12. The van der Waals surface area contributed by atoms with Crippen LogP contribution in [0.5, 0.6) is 0 Å². The summed E-state index contributed by atoms with van der Waals surface area (Å²) in [6, 6.07) is 10.1. The molecule has 0 spiro atoms. The maximum absolute atomic E-state index is 12.1. The number of carbonyl (C=O) groups excluding carboxylic acids is 2. The van der Waals surface area contributed by atoms with Crippen molar-refractivity contribution in [2.24, 2.45) is 0 Å². The first-order valence-electron chi connectivity index (χ1n) is 10.4. The van der Waals surface area contributed by atoms with Gasteiger partial charge < -0.3 is 10.2 Å². The molecule has 2 N–H and O–H groups in total. The van der Waals surface area contributed by atoms with Crippen molar-refractivity contribution in [2.75, 3.05) is 4.90 Å². The number of amides is 1. The number of aryl methyl sites for hydroxylation is 1. The van der Waals surface area contributed by atoms with Crippen molar-refractivity contribution in [3.05, 3.63) is 51.7 Å². The number of carboxylic acid groups (broad SMARTS) is 1. The summed E-state index contributed by atoms with van der Waals surface area (Å²) >= 11 is 1.24. The Labute approximate surface area is 180 Å². The third-order valence-corrected chi connectivity index (χ3v) is 6.59. The van der Waals surface area contributed by atoms with E-state index in [1.165, 1.54) is 16.2 Å². The lowest BCUT2D eigenvalue weighted by atomic mass is 9.93. The number of hydrogen-bond acceptors (Lipinski definition) is 5. The van der Waals surface area contributed by atoms with E-state index in [-0.39, 0.29) is 5.78 Å². The molecule has 1 amide bonds. The minimum Gasteiger partial charge on any atom is -0.477 e. The van der Waals surface area contributed by atoms with Crippen LogP contribution in [0.4, 0.5) is 5.69 Å². The van der Waals surface area contributed by atoms with Gasteiger partial charge in [-0.2, -0.15) is 0 Å². The van der Waals surface area contributed by atoms with Crippen molar-refractivity contribution in [1.29, 1.82) is 0 Å². The van der Waals surface area contributed by atoms with Crippen molar-refractivity contribution in [2.45, 2.75) is 64.0 Å². The smallest absolute Gasteiger partial charge is 0.345 e. The summed E-state index contributed by atoms with van der Waals surface area (Å²) in [6.07, 6.45) is 5.25. The van der Waals surface area contributed by atoms with Gasteiger partial charge in [0.2, 0.25) is 5.78 Å². The minimum atomic E-state index is -0.934. The Morgan fingerprint density at radius 3 is 2.47 bits per heavy atom. The molecule has 30 heavy (non-hydrogen) atoms. The Balaban J connectivity index is 1.57. The first-order chi connectivity index (χ1) is 14.4. The molecule has 2 heterocycles. The molecule has 1 unspecified atom stereocenters. The van der Waals surface area contributed by atoms with Gasteiger partial charge >= 0.3 is 5.97 Å². The fraction of sp³-hybridized carbons (Fsp3) is 0.435. The zero-order chi connectivity index (χ0) is 21.7. The number of rotatable bonds is 11. The van der Waals surface area contributed by atoms with Gasteiger partial charge in [-0.25, -0.2) is 4.79 Å². The lowest BCUT2D eigenvalue weighted by molar-refractivity contribution is -0.143. The first kappa shape index (κ1) is 22.2. The molecular weight excluding hydrogens is 402 g/mol. The van der Waals surface area contributed by atoms with Gasteiger partial charge in [0.1, 0.15) is 10.9 Å². The van der Waals surface area contributed by atoms with E-state index in [0.717, 1.165) is 29.7 Å². The number of unbranched alkanes of at least 4 members (excludes halogenated alkanes) is 2. The summed E-state index contributed by atoms with van der Waals surface area (Å²) in [5.74, 6) is -1.81. The van der Waals surface area contributed by atoms with Gasteiger partial charge in [-0.3, -0.25) is 14.5 Å². The molecule has 1 aromatic heterocycles. The fourth-order valence-electron chi connectivity index (χ4n) is 3.72. The van der Waals surface area contributed by atoms with Crippen LogP contribution in [0, 0.1) is 0 Å². The van der Waals surface area contributed by atoms with Gasteiger partial charge in [0.15, 0.2) is 0 Å². The highest BCUT2D eigenvalue weighted by Crippen LogP contribution is 2.31. The zero-order valence-electron chi connectivity index (χ0n) is 17.0. The molecule has 160 valence electrons. The number of benzene rings is 1. The fourth-order valence-corrected chi connectivity index (χ4v) is 4.61. The topological polar surface area (TPSA) is 94.9 Å². The Morgan fingerprint density at radius 1 is 1.10 bits per heavy atom. The minimum absolute atomic E-state index is 0.304. The number of thiophene rings is 1. The van der Waals surface area contributed by atoms with Crippen molar-refractivity contribution >= 4 is 34.7 Å². The normalized spacial score (nSPS) is 17.1. The average Bonchev–Trinajstić information content (AvgIpc) is 3.22. The summed E-state index contributed by atoms with van der Waals surface area (Å²) < 4.78 is 0. The van der Waals surface area contributed by atoms with Crippen molar-refractivity contribution < 1.29 is 24.6 Å². The predicted molar refractivity (Wildman–Crippen MR) is 116 cm³/mol. The van der Waals surface area contributed by atoms with Crippen LogP contribution in [-0.2, 0) is 16.0 Å². The molecule has 1 aliphatic rings. The van der Waals surface area contributed by atoms with Crippen molar-refractivity contribution in [1.82, 2.24) is 0 Å². The van der Waals surface area contributed by atoms with Crippen molar-refractivity contribution in [3.63, 3.8) is 0 Å². The van der Waals surface area contributed by atoms with E-state index in [0.29, 0.717) is 36.2 Å². The highest BCUT2D eigenvalue weighted by Gasteiger charge is 2.46. The molecule has 0 bridgehead atoms. The number of carbonyl (C=O) groups is 3. The number of hydrogen-bond donors (Lipinski definition) is 2. The van der Waals surface area contributed by atoms with Crippen LogP contribution in [0.3, 0.4) is 0 Å². The van der Waals surface area contributed by atoms with E-state index in [1.807, 2.05) is 12.1 Å². The number of aliphatic hydroxyl groups excluding tert-OH is 1. The standard InChI is InChI=1S/C23H27NO5S/c1-2-3-4-8-19(25)15-9-11-16(12-10-15)24-18(21(26)22(24)27)7-5-6-17-13-14-20(30-17)23(28)29/h9-14,18-19,25H,2-8H2,1H3,(H,28,29)/t18-,19?/m0/s1. The Morgan fingerprint density at radius 2 is 1.83 bits per heavy atom. The number of anilines is 1. The number of β-lactam (4-membered cyclic amide) rings is 1. The summed E-state index contributed by atoms with van der Waals surface area (Å²) in [7, 11) is 0. The van der Waals surface area contributed by atoms with Crippen molar-refractivity contribution in [3.8, 4) is 0 Å². The summed E-state index contributed by atoms with van der Waals surface area (Å²) in [4.78, 5) is 38.0. The number of ketones is 1. The maximum Gasteiger partial charge on any atom is 0.345 e. The second kappa shape index (κ2) is 10.00. The Bertz CT molecular complexity index is 905. The number of aliphatic hydroxyl groups is 1. The summed E-state index contributed by atoms with van der Waals surface area (Å²) in [5, 5.41) is 19.3. The van der Waals surface area contributed by atoms with E-state index in [1.54, 1.807) is 24.3 Å². The molecule has 1 aliphatic heterocycles. The highest BCUT2D eigenvalue weighted by atomic mass is 32.1. The van der Waals surface area contributed by atoms with E-state index in [2.05, 4.69) is 6.92 Å². The molecule has 1 fully saturated rings. The quantitative estimate of drug-likeness (QED) is 0.314. The van der Waals surface area contributed by atoms with Gasteiger partial charge in [0.05, 0.1) is 6.10 Å². The van der Waals surface area contributed by atoms with Gasteiger partial charge in [-0.15, -0.1) is 11.3 Å². The summed E-state index contributed by atoms with van der Waals surface area (Å²) in [5.41, 5.74) is 1.48. The zero-order valence-corrected chi connectivity index (χ0v) is 17.9. The Kier molecular flexibility index (Phi) is 7.39. The number of Topliss-reactive ketones (excluding diaryl/α,β-unsaturated/α-hetero) is 1. The molecule has 0 aliphatic carbocycles. The van der Waals surface area contributed by atoms with Gasteiger partial charge in [0, 0.05) is 10.6 Å². The SMILES string of the molecule is CCCCCC(O)c1ccc(N2C(=O)C(=O)[C@@H]2CCCc2ccc(C(=O)O)s2)cc1. The van der Waals surface area contributed by atoms with Gasteiger partial charge in [-0.1, -0.05) is 38.3 Å². The molecule has 2 atom stereocenters. The van der Waals surface area contributed by atoms with Crippen LogP contribution < -0.4 is 4.90 Å². The molecule has 6 nitrogen and oxygen atoms in total.